The molecule has 0 spiro atoms. The molecule has 1 amide bonds. The normalized spacial score (nSPS) is 12.4. The van der Waals surface area contributed by atoms with Crippen LogP contribution in [0.2, 0.25) is 0 Å². The Kier molecular flexibility index (Phi) is 4.98. The first-order valence-corrected chi connectivity index (χ1v) is 8.59. The van der Waals surface area contributed by atoms with Crippen molar-refractivity contribution < 1.29 is 9.18 Å². The number of carbonyl (C=O) groups excluding carboxylic acids is 1. The number of benzene rings is 1. The lowest BCUT2D eigenvalue weighted by Gasteiger charge is -2.18. The summed E-state index contributed by atoms with van der Waals surface area (Å²) in [6, 6.07) is 4.56. The summed E-state index contributed by atoms with van der Waals surface area (Å²) in [6.45, 7) is 7.42. The maximum atomic E-state index is 13.7. The molecule has 0 radical (unpaired) electrons. The average Bonchev–Trinajstić information content (AvgIpc) is 2.63. The maximum absolute atomic E-state index is 13.7. The molecule has 7 nitrogen and oxygen atoms in total. The van der Waals surface area contributed by atoms with Crippen LogP contribution < -0.4 is 10.9 Å². The molecule has 1 aromatic carbocycles. The lowest BCUT2D eigenvalue weighted by molar-refractivity contribution is -0.119. The molecule has 2 aromatic heterocycles. The second-order valence-corrected chi connectivity index (χ2v) is 6.72. The maximum Gasteiger partial charge on any atom is 0.275 e. The van der Waals surface area contributed by atoms with Crippen molar-refractivity contribution in [2.45, 2.75) is 39.7 Å². The quantitative estimate of drug-likeness (QED) is 0.764. The van der Waals surface area contributed by atoms with Crippen molar-refractivity contribution in [3.63, 3.8) is 0 Å². The molecule has 1 unspecified atom stereocenters. The van der Waals surface area contributed by atoms with E-state index in [9.17, 15) is 14.0 Å². The number of aromatic nitrogens is 4. The van der Waals surface area contributed by atoms with Crippen LogP contribution >= 0.6 is 0 Å². The summed E-state index contributed by atoms with van der Waals surface area (Å²) in [5, 5.41) is 8.09. The monoisotopic (exact) mass is 369 g/mol. The Bertz CT molecular complexity index is 1080. The van der Waals surface area contributed by atoms with Gasteiger partial charge in [-0.05, 0) is 31.9 Å². The minimum Gasteiger partial charge on any atom is -0.306 e. The summed E-state index contributed by atoms with van der Waals surface area (Å²) in [6.07, 6.45) is 2.08. The minimum absolute atomic E-state index is 0.0516. The van der Waals surface area contributed by atoms with Crippen molar-refractivity contribution in [2.75, 3.05) is 5.32 Å². The van der Waals surface area contributed by atoms with Gasteiger partial charge >= 0.3 is 0 Å². The Labute approximate surface area is 155 Å². The van der Waals surface area contributed by atoms with Gasteiger partial charge in [-0.3, -0.25) is 9.59 Å². The zero-order valence-electron chi connectivity index (χ0n) is 15.5. The first-order valence-electron chi connectivity index (χ1n) is 8.59. The van der Waals surface area contributed by atoms with Gasteiger partial charge in [-0.25, -0.2) is 19.0 Å². The number of aryl methyl sites for hydroxylation is 1. The molecule has 3 rings (SSSR count). The Morgan fingerprint density at radius 1 is 1.22 bits per heavy atom. The number of amides is 1. The molecule has 1 N–H and O–H groups in total. The number of nitrogens with one attached hydrogen (secondary N) is 1. The van der Waals surface area contributed by atoms with Gasteiger partial charge in [0.25, 0.3) is 5.56 Å². The Morgan fingerprint density at radius 2 is 1.96 bits per heavy atom. The first-order chi connectivity index (χ1) is 12.8. The summed E-state index contributed by atoms with van der Waals surface area (Å²) >= 11 is 0. The SMILES string of the molecule is Cc1ccc2c(=O)n(C(C)C(=O)Nc3ncncc3F)nc(C(C)C)c2c1. The lowest BCUT2D eigenvalue weighted by Crippen LogP contribution is -2.34. The van der Waals surface area contributed by atoms with Gasteiger partial charge in [0, 0.05) is 5.39 Å². The standard InChI is InChI=1S/C19H20FN5O2/c1-10(2)16-14-7-11(3)5-6-13(14)19(27)25(24-16)12(4)18(26)23-17-15(20)8-21-9-22-17/h5-10,12H,1-4H3,(H,21,22,23,26). The van der Waals surface area contributed by atoms with Gasteiger partial charge in [0.2, 0.25) is 5.91 Å². The van der Waals surface area contributed by atoms with Crippen LogP contribution in [0.15, 0.2) is 35.5 Å². The molecule has 0 aliphatic rings. The highest BCUT2D eigenvalue weighted by Gasteiger charge is 2.22. The molecule has 0 saturated heterocycles. The third-order valence-electron chi connectivity index (χ3n) is 4.31. The number of rotatable bonds is 4. The minimum atomic E-state index is -0.949. The van der Waals surface area contributed by atoms with Crippen molar-refractivity contribution in [1.82, 2.24) is 19.7 Å². The van der Waals surface area contributed by atoms with E-state index in [0.717, 1.165) is 33.8 Å². The number of fused-ring (bicyclic) bond motifs is 1. The largest absolute Gasteiger partial charge is 0.306 e. The van der Waals surface area contributed by atoms with Crippen LogP contribution in [-0.2, 0) is 4.79 Å². The van der Waals surface area contributed by atoms with E-state index in [4.69, 9.17) is 0 Å². The number of hydrogen-bond donors (Lipinski definition) is 1. The van der Waals surface area contributed by atoms with Gasteiger partial charge in [0.1, 0.15) is 12.4 Å². The highest BCUT2D eigenvalue weighted by molar-refractivity contribution is 5.93. The predicted molar refractivity (Wildman–Crippen MR) is 100 cm³/mol. The van der Waals surface area contributed by atoms with E-state index in [1.807, 2.05) is 32.9 Å². The van der Waals surface area contributed by atoms with Gasteiger partial charge in [-0.15, -0.1) is 0 Å². The van der Waals surface area contributed by atoms with E-state index in [0.29, 0.717) is 5.39 Å². The van der Waals surface area contributed by atoms with E-state index in [-0.39, 0.29) is 17.3 Å². The van der Waals surface area contributed by atoms with Gasteiger partial charge in [-0.2, -0.15) is 5.10 Å². The van der Waals surface area contributed by atoms with Crippen LogP contribution in [0.3, 0.4) is 0 Å². The van der Waals surface area contributed by atoms with Crippen LogP contribution in [0.4, 0.5) is 10.2 Å². The molecular weight excluding hydrogens is 349 g/mol. The fraction of sp³-hybridized carbons (Fsp3) is 0.316. The highest BCUT2D eigenvalue weighted by Crippen LogP contribution is 2.23. The zero-order chi connectivity index (χ0) is 19.7. The second-order valence-electron chi connectivity index (χ2n) is 6.72. The summed E-state index contributed by atoms with van der Waals surface area (Å²) in [5.74, 6) is -1.54. The summed E-state index contributed by atoms with van der Waals surface area (Å²) < 4.78 is 14.8. The molecule has 27 heavy (non-hydrogen) atoms. The molecule has 0 bridgehead atoms. The third-order valence-corrected chi connectivity index (χ3v) is 4.31. The van der Waals surface area contributed by atoms with Gasteiger partial charge < -0.3 is 5.32 Å². The number of nitrogens with zero attached hydrogens (tertiary/aromatic N) is 4. The Balaban J connectivity index is 2.06. The van der Waals surface area contributed by atoms with Crippen molar-refractivity contribution in [3.8, 4) is 0 Å². The average molecular weight is 369 g/mol. The molecule has 0 aliphatic carbocycles. The van der Waals surface area contributed by atoms with Crippen LogP contribution in [0.25, 0.3) is 10.8 Å². The Morgan fingerprint density at radius 3 is 2.63 bits per heavy atom. The Hall–Kier alpha value is -3.16. The van der Waals surface area contributed by atoms with Crippen molar-refractivity contribution >= 4 is 22.5 Å². The van der Waals surface area contributed by atoms with Crippen LogP contribution in [0, 0.1) is 12.7 Å². The summed E-state index contributed by atoms with van der Waals surface area (Å²) in [7, 11) is 0. The molecule has 0 saturated carbocycles. The molecule has 1 atom stereocenters. The van der Waals surface area contributed by atoms with Crippen LogP contribution in [-0.4, -0.2) is 25.7 Å². The number of halogens is 1. The number of carbonyl (C=O) groups is 1. The molecule has 2 heterocycles. The van der Waals surface area contributed by atoms with E-state index in [1.54, 1.807) is 6.07 Å². The van der Waals surface area contributed by atoms with Crippen LogP contribution in [0.1, 0.15) is 44.0 Å². The third kappa shape index (κ3) is 3.55. The van der Waals surface area contributed by atoms with Gasteiger partial charge in [-0.1, -0.05) is 25.5 Å². The highest BCUT2D eigenvalue weighted by atomic mass is 19.1. The number of hydrogen-bond acceptors (Lipinski definition) is 5. The molecule has 8 heteroatoms. The van der Waals surface area contributed by atoms with Gasteiger partial charge in [0.15, 0.2) is 11.6 Å². The fourth-order valence-electron chi connectivity index (χ4n) is 2.82. The fourth-order valence-corrected chi connectivity index (χ4v) is 2.82. The van der Waals surface area contributed by atoms with Crippen molar-refractivity contribution in [1.29, 1.82) is 0 Å². The van der Waals surface area contributed by atoms with Crippen molar-refractivity contribution in [2.24, 2.45) is 0 Å². The predicted octanol–water partition coefficient (Wildman–Crippen LogP) is 2.96. The molecular formula is C19H20FN5O2. The van der Waals surface area contributed by atoms with E-state index < -0.39 is 17.8 Å². The smallest absolute Gasteiger partial charge is 0.275 e. The van der Waals surface area contributed by atoms with Gasteiger partial charge in [0.05, 0.1) is 17.3 Å². The molecule has 140 valence electrons. The summed E-state index contributed by atoms with van der Waals surface area (Å²) in [5.41, 5.74) is 1.37. The van der Waals surface area contributed by atoms with E-state index in [1.165, 1.54) is 6.92 Å². The number of anilines is 1. The van der Waals surface area contributed by atoms with E-state index >= 15 is 0 Å². The van der Waals surface area contributed by atoms with Crippen molar-refractivity contribution in [3.05, 3.63) is 58.2 Å². The first kappa shape index (κ1) is 18.6. The molecule has 0 aliphatic heterocycles. The second kappa shape index (κ2) is 7.22. The van der Waals surface area contributed by atoms with E-state index in [2.05, 4.69) is 20.4 Å². The summed E-state index contributed by atoms with van der Waals surface area (Å²) in [4.78, 5) is 32.7. The zero-order valence-corrected chi connectivity index (χ0v) is 15.5. The topological polar surface area (TPSA) is 89.8 Å². The van der Waals surface area contributed by atoms with Crippen LogP contribution in [0.5, 0.6) is 0 Å². The molecule has 0 fully saturated rings. The molecule has 3 aromatic rings. The lowest BCUT2D eigenvalue weighted by atomic mass is 10.0.